The van der Waals surface area contributed by atoms with Gasteiger partial charge in [-0.05, 0) is 24.5 Å². The number of aromatic nitrogens is 2. The van der Waals surface area contributed by atoms with Crippen molar-refractivity contribution in [1.29, 1.82) is 0 Å². The van der Waals surface area contributed by atoms with Crippen LogP contribution in [0.2, 0.25) is 0 Å². The summed E-state index contributed by atoms with van der Waals surface area (Å²) >= 11 is 0. The van der Waals surface area contributed by atoms with Crippen LogP contribution in [0.3, 0.4) is 0 Å². The number of likely N-dealkylation sites (tertiary alicyclic amines) is 1. The summed E-state index contributed by atoms with van der Waals surface area (Å²) in [5.74, 6) is 6.68. The fourth-order valence-corrected chi connectivity index (χ4v) is 3.34. The summed E-state index contributed by atoms with van der Waals surface area (Å²) in [5.41, 5.74) is 6.21. The van der Waals surface area contributed by atoms with Crippen LogP contribution >= 0.6 is 0 Å². The second-order valence-electron chi connectivity index (χ2n) is 7.86. The first kappa shape index (κ1) is 24.4. The first-order valence-corrected chi connectivity index (χ1v) is 10.6. The topological polar surface area (TPSA) is 123 Å². The third-order valence-electron chi connectivity index (χ3n) is 5.05. The Hall–Kier alpha value is -4.26. The number of hydrogen-bond acceptors (Lipinski definition) is 8. The van der Waals surface area contributed by atoms with Crippen molar-refractivity contribution in [2.45, 2.75) is 12.5 Å². The number of hydrogen-bond donors (Lipinski definition) is 2. The highest BCUT2D eigenvalue weighted by Crippen LogP contribution is 2.22. The minimum absolute atomic E-state index is 0.00566. The third-order valence-corrected chi connectivity index (χ3v) is 5.05. The number of nitrogens with two attached hydrogens (primary N) is 1. The maximum atomic E-state index is 12.3. The normalized spacial score (nSPS) is 14.9. The number of methoxy groups -OCH3 is 2. The minimum Gasteiger partial charge on any atom is -0.497 e. The van der Waals surface area contributed by atoms with Crippen molar-refractivity contribution in [3.8, 4) is 23.3 Å². The molecule has 3 N–H and O–H groups in total. The van der Waals surface area contributed by atoms with Crippen LogP contribution in [-0.4, -0.2) is 79.0 Å². The van der Waals surface area contributed by atoms with Gasteiger partial charge < -0.3 is 30.3 Å². The highest BCUT2D eigenvalue weighted by atomic mass is 16.5. The Balaban J connectivity index is 1.79. The summed E-state index contributed by atoms with van der Waals surface area (Å²) in [5, 5.41) is 3.27. The number of nitrogens with zero attached hydrogens (tertiary/aromatic N) is 4. The number of ether oxygens (including phenoxy) is 2. The smallest absolute Gasteiger partial charge is 0.270 e. The molecule has 10 heteroatoms. The molecule has 0 aliphatic carbocycles. The Bertz CT molecular complexity index is 1130. The molecule has 0 unspecified atom stereocenters. The molecule has 1 atom stereocenters. The summed E-state index contributed by atoms with van der Waals surface area (Å²) in [4.78, 5) is 36.3. The molecule has 0 radical (unpaired) electrons. The van der Waals surface area contributed by atoms with Crippen LogP contribution in [0.1, 0.15) is 28.2 Å². The highest BCUT2D eigenvalue weighted by molar-refractivity contribution is 5.93. The molecule has 1 aromatic carbocycles. The summed E-state index contributed by atoms with van der Waals surface area (Å²) in [6, 6.07) is 5.21. The molecule has 34 heavy (non-hydrogen) atoms. The minimum atomic E-state index is -0.725. The molecule has 2 aromatic rings. The van der Waals surface area contributed by atoms with Gasteiger partial charge in [-0.15, -0.1) is 0 Å². The van der Waals surface area contributed by atoms with Gasteiger partial charge >= 0.3 is 0 Å². The zero-order chi connectivity index (χ0) is 24.7. The van der Waals surface area contributed by atoms with Crippen molar-refractivity contribution >= 4 is 17.6 Å². The number of amides is 2. The van der Waals surface area contributed by atoms with E-state index in [1.165, 1.54) is 6.20 Å². The zero-order valence-electron chi connectivity index (χ0n) is 19.7. The molecule has 1 saturated heterocycles. The maximum absolute atomic E-state index is 12.3. The zero-order valence-corrected chi connectivity index (χ0v) is 19.7. The van der Waals surface area contributed by atoms with E-state index < -0.39 is 5.91 Å². The average molecular weight is 465 g/mol. The largest absolute Gasteiger partial charge is 0.497 e. The van der Waals surface area contributed by atoms with Crippen LogP contribution in [0.25, 0.3) is 0 Å². The summed E-state index contributed by atoms with van der Waals surface area (Å²) in [6.07, 6.45) is 5.47. The second kappa shape index (κ2) is 11.0. The molecule has 0 bridgehead atoms. The standard InChI is InChI=1S/C24H28N6O4/c1-29(2)9-8-22(31)30-10-7-17(15-30)27-21-14-26-23(24(25)32)20(28-21)6-5-16-11-18(33-3)13-19(12-16)34-4/h8-9,11-14,17H,7,10,15H2,1-4H3,(H2,25,32)(H,27,28)/t17-/m0/s1. The lowest BCUT2D eigenvalue weighted by Gasteiger charge is -2.16. The lowest BCUT2D eigenvalue weighted by atomic mass is 10.2. The Morgan fingerprint density at radius 1 is 1.21 bits per heavy atom. The molecule has 2 heterocycles. The molecular formula is C24H28N6O4. The maximum Gasteiger partial charge on any atom is 0.270 e. The Labute approximate surface area is 198 Å². The molecule has 1 aliphatic rings. The van der Waals surface area contributed by atoms with E-state index in [1.807, 2.05) is 19.0 Å². The van der Waals surface area contributed by atoms with Crippen LogP contribution in [0.4, 0.5) is 5.82 Å². The monoisotopic (exact) mass is 464 g/mol. The van der Waals surface area contributed by atoms with E-state index in [0.29, 0.717) is 36.0 Å². The molecule has 0 saturated carbocycles. The molecule has 1 fully saturated rings. The highest BCUT2D eigenvalue weighted by Gasteiger charge is 2.25. The predicted molar refractivity (Wildman–Crippen MR) is 128 cm³/mol. The Morgan fingerprint density at radius 2 is 1.91 bits per heavy atom. The van der Waals surface area contributed by atoms with Gasteiger partial charge in [-0.2, -0.15) is 0 Å². The number of primary amides is 1. The Morgan fingerprint density at radius 3 is 2.53 bits per heavy atom. The van der Waals surface area contributed by atoms with Crippen LogP contribution in [0.5, 0.6) is 11.5 Å². The van der Waals surface area contributed by atoms with E-state index in [0.717, 1.165) is 6.42 Å². The molecule has 1 aliphatic heterocycles. The van der Waals surface area contributed by atoms with Crippen molar-refractivity contribution in [2.24, 2.45) is 5.73 Å². The molecule has 178 valence electrons. The number of carbonyl (C=O) groups excluding carboxylic acids is 2. The Kier molecular flexibility index (Phi) is 7.92. The van der Waals surface area contributed by atoms with E-state index in [2.05, 4.69) is 27.1 Å². The first-order valence-electron chi connectivity index (χ1n) is 10.6. The fraction of sp³-hybridized carbons (Fsp3) is 0.333. The van der Waals surface area contributed by atoms with Crippen molar-refractivity contribution in [3.05, 3.63) is 53.6 Å². The van der Waals surface area contributed by atoms with Gasteiger partial charge in [0.1, 0.15) is 23.0 Å². The molecular weight excluding hydrogens is 436 g/mol. The van der Waals surface area contributed by atoms with Crippen LogP contribution in [-0.2, 0) is 4.79 Å². The predicted octanol–water partition coefficient (Wildman–Crippen LogP) is 1.08. The van der Waals surface area contributed by atoms with Gasteiger partial charge in [0.25, 0.3) is 5.91 Å². The second-order valence-corrected chi connectivity index (χ2v) is 7.86. The number of nitrogens with one attached hydrogen (secondary N) is 1. The van der Waals surface area contributed by atoms with Gasteiger partial charge in [0.05, 0.1) is 20.4 Å². The average Bonchev–Trinajstić information content (AvgIpc) is 3.29. The van der Waals surface area contributed by atoms with Crippen molar-refractivity contribution < 1.29 is 19.1 Å². The van der Waals surface area contributed by atoms with E-state index in [4.69, 9.17) is 15.2 Å². The SMILES string of the molecule is COc1cc(C#Cc2nc(N[C@H]3CCN(C(=O)C=CN(C)C)C3)cnc2C(N)=O)cc(OC)c1. The van der Waals surface area contributed by atoms with Gasteiger partial charge in [0.15, 0.2) is 5.69 Å². The van der Waals surface area contributed by atoms with Gasteiger partial charge in [-0.3, -0.25) is 9.59 Å². The van der Waals surface area contributed by atoms with Crippen LogP contribution in [0, 0.1) is 11.8 Å². The third kappa shape index (κ3) is 6.38. The lowest BCUT2D eigenvalue weighted by molar-refractivity contribution is -0.125. The van der Waals surface area contributed by atoms with E-state index in [1.54, 1.807) is 49.6 Å². The van der Waals surface area contributed by atoms with Crippen molar-refractivity contribution in [2.75, 3.05) is 46.7 Å². The molecule has 3 rings (SSSR count). The van der Waals surface area contributed by atoms with E-state index in [-0.39, 0.29) is 23.3 Å². The molecule has 10 nitrogen and oxygen atoms in total. The van der Waals surface area contributed by atoms with Gasteiger partial charge in [-0.25, -0.2) is 9.97 Å². The summed E-state index contributed by atoms with van der Waals surface area (Å²) in [6.45, 7) is 1.16. The van der Waals surface area contributed by atoms with Crippen LogP contribution < -0.4 is 20.5 Å². The first-order chi connectivity index (χ1) is 16.3. The molecule has 2 amide bonds. The number of anilines is 1. The van der Waals surface area contributed by atoms with Crippen molar-refractivity contribution in [1.82, 2.24) is 19.8 Å². The molecule has 0 spiro atoms. The van der Waals surface area contributed by atoms with Gasteiger partial charge in [0.2, 0.25) is 5.91 Å². The van der Waals surface area contributed by atoms with Gasteiger partial charge in [-0.1, -0.05) is 5.92 Å². The van der Waals surface area contributed by atoms with E-state index >= 15 is 0 Å². The quantitative estimate of drug-likeness (QED) is 0.461. The number of carbonyl (C=O) groups is 2. The summed E-state index contributed by atoms with van der Waals surface area (Å²) < 4.78 is 10.5. The number of rotatable bonds is 7. The molecule has 1 aromatic heterocycles. The summed E-state index contributed by atoms with van der Waals surface area (Å²) in [7, 11) is 6.82. The lowest BCUT2D eigenvalue weighted by Crippen LogP contribution is -2.30. The number of benzene rings is 1. The van der Waals surface area contributed by atoms with E-state index in [9.17, 15) is 9.59 Å². The fourth-order valence-electron chi connectivity index (χ4n) is 3.34. The van der Waals surface area contributed by atoms with Crippen molar-refractivity contribution in [3.63, 3.8) is 0 Å². The van der Waals surface area contributed by atoms with Crippen LogP contribution in [0.15, 0.2) is 36.7 Å². The van der Waals surface area contributed by atoms with Gasteiger partial charge in [0, 0.05) is 57.1 Å².